The number of likely N-dealkylation sites (N-methyl/N-ethyl adjacent to an activating group) is 1. The highest BCUT2D eigenvalue weighted by Gasteiger charge is 2.14. The number of nitrogens with zero attached hydrogens (tertiary/aromatic N) is 2. The Morgan fingerprint density at radius 1 is 1.70 bits per heavy atom. The van der Waals surface area contributed by atoms with Gasteiger partial charge in [-0.05, 0) is 30.6 Å². The minimum atomic E-state index is 1.04. The smallest absolute Gasteiger partial charge is 0.0714 e. The van der Waals surface area contributed by atoms with E-state index < -0.39 is 0 Å². The highest BCUT2D eigenvalue weighted by atomic mass is 32.1. The predicted molar refractivity (Wildman–Crippen MR) is 42.2 cm³/mol. The van der Waals surface area contributed by atoms with Crippen LogP contribution in [0.2, 0.25) is 0 Å². The zero-order valence-electron chi connectivity index (χ0n) is 6.00. The third kappa shape index (κ3) is 0.954. The first-order valence-electron chi connectivity index (χ1n) is 3.47. The Labute approximate surface area is 64.6 Å². The molecule has 54 valence electrons. The Kier molecular flexibility index (Phi) is 1.47. The normalized spacial score (nSPS) is 18.9. The first kappa shape index (κ1) is 6.31. The van der Waals surface area contributed by atoms with Crippen molar-refractivity contribution in [2.24, 2.45) is 0 Å². The maximum absolute atomic E-state index is 4.31. The van der Waals surface area contributed by atoms with Crippen molar-refractivity contribution in [1.82, 2.24) is 9.27 Å². The van der Waals surface area contributed by atoms with Gasteiger partial charge in [0.2, 0.25) is 0 Å². The lowest BCUT2D eigenvalue weighted by Crippen LogP contribution is -2.25. The van der Waals surface area contributed by atoms with E-state index in [1.54, 1.807) is 11.5 Å². The lowest BCUT2D eigenvalue weighted by molar-refractivity contribution is 0.310. The Bertz CT molecular complexity index is 231. The van der Waals surface area contributed by atoms with E-state index >= 15 is 0 Å². The van der Waals surface area contributed by atoms with Crippen LogP contribution >= 0.6 is 11.5 Å². The van der Waals surface area contributed by atoms with Crippen molar-refractivity contribution >= 4 is 11.5 Å². The molecule has 0 radical (unpaired) electrons. The fourth-order valence-electron chi connectivity index (χ4n) is 1.26. The third-order valence-corrected chi connectivity index (χ3v) is 2.63. The molecule has 2 nitrogen and oxygen atoms in total. The monoisotopic (exact) mass is 154 g/mol. The van der Waals surface area contributed by atoms with E-state index in [-0.39, 0.29) is 0 Å². The Hall–Kier alpha value is -0.410. The maximum atomic E-state index is 4.31. The van der Waals surface area contributed by atoms with Gasteiger partial charge in [-0.2, -0.15) is 4.37 Å². The van der Waals surface area contributed by atoms with Crippen molar-refractivity contribution in [3.05, 3.63) is 16.6 Å². The average Bonchev–Trinajstić information content (AvgIpc) is 2.33. The van der Waals surface area contributed by atoms with Gasteiger partial charge >= 0.3 is 0 Å². The van der Waals surface area contributed by atoms with Crippen molar-refractivity contribution in [3.8, 4) is 0 Å². The van der Waals surface area contributed by atoms with Crippen LogP contribution in [0, 0.1) is 0 Å². The molecule has 1 aromatic heterocycles. The molecule has 0 atom stereocenters. The molecule has 1 aliphatic rings. The molecule has 2 rings (SSSR count). The molecular formula is C7H10N2S. The fraction of sp³-hybridized carbons (Fsp3) is 0.571. The molecule has 0 aromatic carbocycles. The third-order valence-electron chi connectivity index (χ3n) is 1.91. The van der Waals surface area contributed by atoms with Gasteiger partial charge in [0.1, 0.15) is 0 Å². The largest absolute Gasteiger partial charge is 0.300 e. The number of aromatic nitrogens is 1. The van der Waals surface area contributed by atoms with Gasteiger partial charge in [0.25, 0.3) is 0 Å². The number of fused-ring (bicyclic) bond motifs is 1. The van der Waals surface area contributed by atoms with Crippen LogP contribution in [0.25, 0.3) is 0 Å². The maximum Gasteiger partial charge on any atom is 0.0714 e. The lowest BCUT2D eigenvalue weighted by atomic mass is 10.1. The Balaban J connectivity index is 2.30. The summed E-state index contributed by atoms with van der Waals surface area (Å²) < 4.78 is 4.31. The van der Waals surface area contributed by atoms with Gasteiger partial charge < -0.3 is 4.90 Å². The molecule has 3 heteroatoms. The molecule has 0 saturated carbocycles. The summed E-state index contributed by atoms with van der Waals surface area (Å²) in [6, 6.07) is 0. The summed E-state index contributed by atoms with van der Waals surface area (Å²) >= 11 is 1.58. The van der Waals surface area contributed by atoms with Gasteiger partial charge in [0.05, 0.1) is 5.69 Å². The van der Waals surface area contributed by atoms with Crippen molar-refractivity contribution in [2.75, 3.05) is 13.6 Å². The Morgan fingerprint density at radius 2 is 2.60 bits per heavy atom. The van der Waals surface area contributed by atoms with Gasteiger partial charge in [0.15, 0.2) is 0 Å². The van der Waals surface area contributed by atoms with E-state index in [2.05, 4.69) is 21.7 Å². The van der Waals surface area contributed by atoms with E-state index in [1.165, 1.54) is 24.2 Å². The molecule has 1 aromatic rings. The van der Waals surface area contributed by atoms with E-state index in [9.17, 15) is 0 Å². The van der Waals surface area contributed by atoms with Gasteiger partial charge in [-0.25, -0.2) is 0 Å². The van der Waals surface area contributed by atoms with E-state index in [0.29, 0.717) is 0 Å². The molecule has 0 fully saturated rings. The molecular weight excluding hydrogens is 144 g/mol. The van der Waals surface area contributed by atoms with Crippen LogP contribution in [0.4, 0.5) is 0 Å². The van der Waals surface area contributed by atoms with E-state index in [1.807, 2.05) is 0 Å². The van der Waals surface area contributed by atoms with Crippen molar-refractivity contribution in [1.29, 1.82) is 0 Å². The molecule has 0 aliphatic carbocycles. The number of rotatable bonds is 0. The summed E-state index contributed by atoms with van der Waals surface area (Å²) in [5, 5.41) is 2.17. The van der Waals surface area contributed by atoms with E-state index in [4.69, 9.17) is 0 Å². The SMILES string of the molecule is CN1CCc2csnc2C1. The highest BCUT2D eigenvalue weighted by molar-refractivity contribution is 7.03. The molecule has 0 N–H and O–H groups in total. The minimum Gasteiger partial charge on any atom is -0.300 e. The molecule has 0 spiro atoms. The van der Waals surface area contributed by atoms with Crippen LogP contribution in [0.15, 0.2) is 5.38 Å². The first-order valence-corrected chi connectivity index (χ1v) is 4.30. The topological polar surface area (TPSA) is 16.1 Å². The van der Waals surface area contributed by atoms with Crippen LogP contribution in [-0.4, -0.2) is 22.9 Å². The molecule has 2 heterocycles. The quantitative estimate of drug-likeness (QED) is 0.557. The number of hydrogen-bond acceptors (Lipinski definition) is 3. The standard InChI is InChI=1S/C7H10N2S/c1-9-3-2-6-5-10-8-7(6)4-9/h5H,2-4H2,1H3. The Morgan fingerprint density at radius 3 is 3.50 bits per heavy atom. The summed E-state index contributed by atoms with van der Waals surface area (Å²) in [5.74, 6) is 0. The van der Waals surface area contributed by atoms with Crippen LogP contribution in [-0.2, 0) is 13.0 Å². The molecule has 0 unspecified atom stereocenters. The fourth-order valence-corrected chi connectivity index (χ4v) is 2.00. The summed E-state index contributed by atoms with van der Waals surface area (Å²) in [7, 11) is 2.14. The molecule has 0 amide bonds. The number of hydrogen-bond donors (Lipinski definition) is 0. The second kappa shape index (κ2) is 2.32. The molecule has 1 aliphatic heterocycles. The van der Waals surface area contributed by atoms with Crippen LogP contribution < -0.4 is 0 Å². The first-order chi connectivity index (χ1) is 4.86. The highest BCUT2D eigenvalue weighted by Crippen LogP contribution is 2.17. The summed E-state index contributed by atoms with van der Waals surface area (Å²) in [6.45, 7) is 2.23. The van der Waals surface area contributed by atoms with Crippen LogP contribution in [0.1, 0.15) is 11.3 Å². The van der Waals surface area contributed by atoms with Gasteiger partial charge in [-0.15, -0.1) is 0 Å². The van der Waals surface area contributed by atoms with Gasteiger partial charge in [-0.3, -0.25) is 0 Å². The lowest BCUT2D eigenvalue weighted by Gasteiger charge is -2.20. The molecule has 10 heavy (non-hydrogen) atoms. The molecule has 0 bridgehead atoms. The van der Waals surface area contributed by atoms with Crippen molar-refractivity contribution in [3.63, 3.8) is 0 Å². The molecule has 0 saturated heterocycles. The summed E-state index contributed by atoms with van der Waals surface area (Å²) in [5.41, 5.74) is 2.75. The van der Waals surface area contributed by atoms with Crippen molar-refractivity contribution < 1.29 is 0 Å². The van der Waals surface area contributed by atoms with Crippen LogP contribution in [0.5, 0.6) is 0 Å². The summed E-state index contributed by atoms with van der Waals surface area (Å²) in [6.07, 6.45) is 1.18. The van der Waals surface area contributed by atoms with Crippen molar-refractivity contribution in [2.45, 2.75) is 13.0 Å². The zero-order chi connectivity index (χ0) is 6.97. The van der Waals surface area contributed by atoms with Gasteiger partial charge in [-0.1, -0.05) is 0 Å². The average molecular weight is 154 g/mol. The summed E-state index contributed by atoms with van der Waals surface area (Å²) in [4.78, 5) is 2.31. The second-order valence-corrected chi connectivity index (χ2v) is 3.40. The van der Waals surface area contributed by atoms with E-state index in [0.717, 1.165) is 6.54 Å². The van der Waals surface area contributed by atoms with Gasteiger partial charge in [0, 0.05) is 18.5 Å². The minimum absolute atomic E-state index is 1.04. The zero-order valence-corrected chi connectivity index (χ0v) is 6.82. The predicted octanol–water partition coefficient (Wildman–Crippen LogP) is 1.13. The van der Waals surface area contributed by atoms with Crippen LogP contribution in [0.3, 0.4) is 0 Å². The second-order valence-electron chi connectivity index (χ2n) is 2.77.